The van der Waals surface area contributed by atoms with Crippen molar-refractivity contribution in [3.8, 4) is 0 Å². The van der Waals surface area contributed by atoms with Crippen molar-refractivity contribution in [3.05, 3.63) is 0 Å². The van der Waals surface area contributed by atoms with Crippen molar-refractivity contribution in [1.29, 1.82) is 0 Å². The summed E-state index contributed by atoms with van der Waals surface area (Å²) < 4.78 is 0. The summed E-state index contributed by atoms with van der Waals surface area (Å²) in [4.78, 5) is 11.7. The third kappa shape index (κ3) is 3.96. The highest BCUT2D eigenvalue weighted by Gasteiger charge is 2.35. The van der Waals surface area contributed by atoms with Crippen LogP contribution in [0.1, 0.15) is 46.5 Å². The van der Waals surface area contributed by atoms with E-state index in [1.807, 2.05) is 13.8 Å². The Morgan fingerprint density at radius 3 is 2.53 bits per heavy atom. The molecular weight excluding hydrogens is 216 g/mol. The lowest BCUT2D eigenvalue weighted by Gasteiger charge is -2.40. The molecule has 0 aliphatic heterocycles. The van der Waals surface area contributed by atoms with Crippen molar-refractivity contribution < 1.29 is 9.90 Å². The molecule has 1 unspecified atom stereocenters. The highest BCUT2D eigenvalue weighted by atomic mass is 16.3. The van der Waals surface area contributed by atoms with Crippen LogP contribution in [0.2, 0.25) is 0 Å². The van der Waals surface area contributed by atoms with Crippen LogP contribution in [-0.4, -0.2) is 35.7 Å². The zero-order valence-corrected chi connectivity index (χ0v) is 11.3. The molecule has 1 atom stereocenters. The summed E-state index contributed by atoms with van der Waals surface area (Å²) in [5.41, 5.74) is -0.253. The maximum atomic E-state index is 11.7. The zero-order chi connectivity index (χ0) is 12.9. The van der Waals surface area contributed by atoms with Crippen molar-refractivity contribution in [3.63, 3.8) is 0 Å². The second-order valence-corrected chi connectivity index (χ2v) is 5.38. The highest BCUT2D eigenvalue weighted by molar-refractivity contribution is 5.81. The van der Waals surface area contributed by atoms with E-state index in [0.717, 1.165) is 31.6 Å². The van der Waals surface area contributed by atoms with Gasteiger partial charge in [0.1, 0.15) is 0 Å². The fourth-order valence-electron chi connectivity index (χ4n) is 2.51. The monoisotopic (exact) mass is 242 g/mol. The Balaban J connectivity index is 2.54. The van der Waals surface area contributed by atoms with E-state index >= 15 is 0 Å². The lowest BCUT2D eigenvalue weighted by molar-refractivity contribution is -0.123. The van der Waals surface area contributed by atoms with Gasteiger partial charge in [0.15, 0.2) is 0 Å². The Labute approximate surface area is 104 Å². The number of aliphatic hydroxyl groups is 1. The number of hydrogen-bond acceptors (Lipinski definition) is 3. The molecule has 0 heterocycles. The van der Waals surface area contributed by atoms with Gasteiger partial charge in [0.25, 0.3) is 0 Å². The molecule has 0 spiro atoms. The molecule has 0 aromatic heterocycles. The summed E-state index contributed by atoms with van der Waals surface area (Å²) in [6.07, 6.45) is 4.15. The van der Waals surface area contributed by atoms with Gasteiger partial charge < -0.3 is 10.4 Å². The molecule has 3 N–H and O–H groups in total. The molecule has 1 amide bonds. The maximum absolute atomic E-state index is 11.7. The largest absolute Gasteiger partial charge is 0.394 e. The third-order valence-electron chi connectivity index (χ3n) is 3.80. The number of hydrogen-bond donors (Lipinski definition) is 3. The molecule has 4 nitrogen and oxygen atoms in total. The maximum Gasteiger partial charge on any atom is 0.236 e. The minimum atomic E-state index is -0.253. The van der Waals surface area contributed by atoms with Gasteiger partial charge in [0.2, 0.25) is 5.91 Å². The summed E-state index contributed by atoms with van der Waals surface area (Å²) >= 11 is 0. The standard InChI is InChI=1S/C13H26N2O2/c1-4-14-12(17)11(3)15-13(9-16)7-5-10(2)6-8-13/h10-11,15-16H,4-9H2,1-3H3,(H,14,17). The first-order chi connectivity index (χ1) is 8.03. The lowest BCUT2D eigenvalue weighted by atomic mass is 9.77. The Kier molecular flexibility index (Phi) is 5.40. The van der Waals surface area contributed by atoms with Crippen LogP contribution in [0.3, 0.4) is 0 Å². The van der Waals surface area contributed by atoms with E-state index in [2.05, 4.69) is 17.6 Å². The molecule has 0 saturated heterocycles. The van der Waals surface area contributed by atoms with Gasteiger partial charge in [-0.25, -0.2) is 0 Å². The van der Waals surface area contributed by atoms with Gasteiger partial charge in [0, 0.05) is 12.1 Å². The number of amides is 1. The Bertz CT molecular complexity index is 248. The van der Waals surface area contributed by atoms with Crippen LogP contribution in [0.15, 0.2) is 0 Å². The lowest BCUT2D eigenvalue weighted by Crippen LogP contribution is -2.57. The number of likely N-dealkylation sites (N-methyl/N-ethyl adjacent to an activating group) is 1. The van der Waals surface area contributed by atoms with Gasteiger partial charge in [-0.3, -0.25) is 10.1 Å². The van der Waals surface area contributed by atoms with Crippen LogP contribution in [-0.2, 0) is 4.79 Å². The molecule has 0 aromatic carbocycles. The van der Waals surface area contributed by atoms with Crippen molar-refractivity contribution >= 4 is 5.91 Å². The second-order valence-electron chi connectivity index (χ2n) is 5.38. The first-order valence-corrected chi connectivity index (χ1v) is 6.69. The van der Waals surface area contributed by atoms with E-state index in [4.69, 9.17) is 0 Å². The van der Waals surface area contributed by atoms with Gasteiger partial charge in [-0.15, -0.1) is 0 Å². The molecular formula is C13H26N2O2. The zero-order valence-electron chi connectivity index (χ0n) is 11.3. The fraction of sp³-hybridized carbons (Fsp3) is 0.923. The average Bonchev–Trinajstić information content (AvgIpc) is 2.33. The molecule has 4 heteroatoms. The van der Waals surface area contributed by atoms with Gasteiger partial charge in [-0.2, -0.15) is 0 Å². The van der Waals surface area contributed by atoms with Crippen molar-refractivity contribution in [2.24, 2.45) is 5.92 Å². The van der Waals surface area contributed by atoms with Crippen molar-refractivity contribution in [1.82, 2.24) is 10.6 Å². The van der Waals surface area contributed by atoms with E-state index in [0.29, 0.717) is 6.54 Å². The van der Waals surface area contributed by atoms with E-state index in [9.17, 15) is 9.90 Å². The van der Waals surface area contributed by atoms with Gasteiger partial charge >= 0.3 is 0 Å². The number of aliphatic hydroxyl groups excluding tert-OH is 1. The minimum absolute atomic E-state index is 0.0129. The third-order valence-corrected chi connectivity index (χ3v) is 3.80. The SMILES string of the molecule is CCNC(=O)C(C)NC1(CO)CCC(C)CC1. The van der Waals surface area contributed by atoms with Gasteiger partial charge in [0.05, 0.1) is 12.6 Å². The molecule has 1 aliphatic rings. The van der Waals surface area contributed by atoms with E-state index < -0.39 is 0 Å². The van der Waals surface area contributed by atoms with Crippen LogP contribution >= 0.6 is 0 Å². The predicted molar refractivity (Wildman–Crippen MR) is 68.7 cm³/mol. The molecule has 1 rings (SSSR count). The molecule has 100 valence electrons. The summed E-state index contributed by atoms with van der Waals surface area (Å²) in [7, 11) is 0. The Morgan fingerprint density at radius 1 is 1.47 bits per heavy atom. The summed E-state index contributed by atoms with van der Waals surface area (Å²) in [6.45, 7) is 6.78. The number of carbonyl (C=O) groups is 1. The molecule has 1 saturated carbocycles. The van der Waals surface area contributed by atoms with Crippen LogP contribution in [0, 0.1) is 5.92 Å². The summed E-state index contributed by atoms with van der Waals surface area (Å²) in [5, 5.41) is 15.7. The smallest absolute Gasteiger partial charge is 0.236 e. The Morgan fingerprint density at radius 2 is 2.06 bits per heavy atom. The number of rotatable bonds is 5. The Hall–Kier alpha value is -0.610. The normalized spacial score (nSPS) is 30.9. The summed E-state index contributed by atoms with van der Waals surface area (Å²) in [5.74, 6) is 0.746. The fourth-order valence-corrected chi connectivity index (χ4v) is 2.51. The second kappa shape index (κ2) is 6.36. The first-order valence-electron chi connectivity index (χ1n) is 6.69. The van der Waals surface area contributed by atoms with E-state index in [1.54, 1.807) is 0 Å². The predicted octanol–water partition coefficient (Wildman–Crippen LogP) is 1.04. The molecule has 0 bridgehead atoms. The number of carbonyl (C=O) groups excluding carboxylic acids is 1. The average molecular weight is 242 g/mol. The van der Waals surface area contributed by atoms with Gasteiger partial charge in [-0.1, -0.05) is 6.92 Å². The van der Waals surface area contributed by atoms with Crippen molar-refractivity contribution in [2.75, 3.05) is 13.2 Å². The topological polar surface area (TPSA) is 61.4 Å². The van der Waals surface area contributed by atoms with Crippen LogP contribution in [0.4, 0.5) is 0 Å². The number of nitrogens with one attached hydrogen (secondary N) is 2. The van der Waals surface area contributed by atoms with E-state index in [-0.39, 0.29) is 24.1 Å². The van der Waals surface area contributed by atoms with Crippen LogP contribution in [0.5, 0.6) is 0 Å². The summed E-state index contributed by atoms with van der Waals surface area (Å²) in [6, 6.07) is -0.240. The molecule has 1 fully saturated rings. The van der Waals surface area contributed by atoms with E-state index in [1.165, 1.54) is 0 Å². The van der Waals surface area contributed by atoms with Crippen LogP contribution in [0.25, 0.3) is 0 Å². The van der Waals surface area contributed by atoms with Gasteiger partial charge in [-0.05, 0) is 45.4 Å². The van der Waals surface area contributed by atoms with Crippen molar-refractivity contribution in [2.45, 2.75) is 58.0 Å². The highest BCUT2D eigenvalue weighted by Crippen LogP contribution is 2.31. The quantitative estimate of drug-likeness (QED) is 0.675. The molecule has 1 aliphatic carbocycles. The first kappa shape index (κ1) is 14.5. The molecule has 17 heavy (non-hydrogen) atoms. The van der Waals surface area contributed by atoms with Crippen LogP contribution < -0.4 is 10.6 Å². The molecule has 0 aromatic rings. The minimum Gasteiger partial charge on any atom is -0.394 e. The molecule has 0 radical (unpaired) electrons.